The van der Waals surface area contributed by atoms with Gasteiger partial charge in [-0.2, -0.15) is 0 Å². The summed E-state index contributed by atoms with van der Waals surface area (Å²) >= 11 is 0. The van der Waals surface area contributed by atoms with Crippen molar-refractivity contribution in [3.05, 3.63) is 35.5 Å². The molecule has 0 saturated carbocycles. The first kappa shape index (κ1) is 17.0. The summed E-state index contributed by atoms with van der Waals surface area (Å²) in [6.07, 6.45) is 3.74. The summed E-state index contributed by atoms with van der Waals surface area (Å²) in [4.78, 5) is 15.5. The summed E-state index contributed by atoms with van der Waals surface area (Å²) in [7, 11) is 0. The zero-order chi connectivity index (χ0) is 16.8. The summed E-state index contributed by atoms with van der Waals surface area (Å²) in [6, 6.07) is 8.09. The van der Waals surface area contributed by atoms with E-state index in [0.717, 1.165) is 48.0 Å². The number of hydrogen-bond acceptors (Lipinski definition) is 3. The molecular weight excluding hydrogens is 304 g/mol. The maximum atomic E-state index is 12.2. The van der Waals surface area contributed by atoms with Crippen molar-refractivity contribution < 1.29 is 14.3 Å². The Morgan fingerprint density at radius 1 is 1.42 bits per heavy atom. The molecular formula is C19H26N2O3. The van der Waals surface area contributed by atoms with Gasteiger partial charge in [0.2, 0.25) is 5.91 Å². The fourth-order valence-corrected chi connectivity index (χ4v) is 3.18. The highest BCUT2D eigenvalue weighted by molar-refractivity contribution is 5.90. The normalized spacial score (nSPS) is 17.5. The van der Waals surface area contributed by atoms with Crippen molar-refractivity contribution in [2.24, 2.45) is 0 Å². The number of amides is 1. The summed E-state index contributed by atoms with van der Waals surface area (Å²) in [5.74, 6) is 0.0574. The fraction of sp³-hybridized carbons (Fsp3) is 0.526. The maximum Gasteiger partial charge on any atom is 0.224 e. The molecule has 1 saturated heterocycles. The minimum absolute atomic E-state index is 0.0574. The van der Waals surface area contributed by atoms with E-state index in [1.807, 2.05) is 25.1 Å². The molecule has 1 aromatic carbocycles. The standard InChI is InChI=1S/C19H26N2O3/c1-14-17(16-7-2-3-8-18(16)21-14)12-19(22)20-9-5-10-23-13-15-6-4-11-24-15/h2-3,7-8,15,21H,4-6,9-13H2,1H3,(H,20,22). The van der Waals surface area contributed by atoms with Crippen molar-refractivity contribution in [2.75, 3.05) is 26.4 Å². The molecule has 5 nitrogen and oxygen atoms in total. The molecule has 2 aromatic rings. The van der Waals surface area contributed by atoms with Gasteiger partial charge in [-0.3, -0.25) is 4.79 Å². The molecule has 0 radical (unpaired) electrons. The van der Waals surface area contributed by atoms with E-state index >= 15 is 0 Å². The van der Waals surface area contributed by atoms with Crippen molar-refractivity contribution in [2.45, 2.75) is 38.7 Å². The SMILES string of the molecule is Cc1[nH]c2ccccc2c1CC(=O)NCCCOCC1CCCO1. The zero-order valence-corrected chi connectivity index (χ0v) is 14.3. The lowest BCUT2D eigenvalue weighted by atomic mass is 10.1. The Morgan fingerprint density at radius 2 is 2.29 bits per heavy atom. The minimum Gasteiger partial charge on any atom is -0.379 e. The molecule has 0 spiro atoms. The predicted molar refractivity (Wildman–Crippen MR) is 94.2 cm³/mol. The number of H-pyrrole nitrogens is 1. The molecule has 2 heterocycles. The number of aromatic nitrogens is 1. The van der Waals surface area contributed by atoms with Crippen LogP contribution in [0.2, 0.25) is 0 Å². The monoisotopic (exact) mass is 330 g/mol. The second-order valence-electron chi connectivity index (χ2n) is 6.36. The highest BCUT2D eigenvalue weighted by atomic mass is 16.5. The molecule has 0 bridgehead atoms. The first-order valence-corrected chi connectivity index (χ1v) is 8.76. The number of rotatable bonds is 8. The van der Waals surface area contributed by atoms with Crippen LogP contribution >= 0.6 is 0 Å². The van der Waals surface area contributed by atoms with Gasteiger partial charge in [0.05, 0.1) is 19.1 Å². The summed E-state index contributed by atoms with van der Waals surface area (Å²) in [5.41, 5.74) is 3.23. The summed E-state index contributed by atoms with van der Waals surface area (Å²) < 4.78 is 11.1. The lowest BCUT2D eigenvalue weighted by molar-refractivity contribution is -0.120. The highest BCUT2D eigenvalue weighted by Crippen LogP contribution is 2.22. The van der Waals surface area contributed by atoms with Gasteiger partial charge in [0.25, 0.3) is 0 Å². The molecule has 1 aromatic heterocycles. The van der Waals surface area contributed by atoms with Crippen molar-refractivity contribution in [1.82, 2.24) is 10.3 Å². The Kier molecular flexibility index (Phi) is 5.88. The Bertz CT molecular complexity index is 674. The number of para-hydroxylation sites is 1. The lowest BCUT2D eigenvalue weighted by Crippen LogP contribution is -2.27. The third-order valence-electron chi connectivity index (χ3n) is 4.48. The van der Waals surface area contributed by atoms with Crippen LogP contribution in [0.3, 0.4) is 0 Å². The number of hydrogen-bond donors (Lipinski definition) is 2. The molecule has 1 unspecified atom stereocenters. The predicted octanol–water partition coefficient (Wildman–Crippen LogP) is 2.72. The highest BCUT2D eigenvalue weighted by Gasteiger charge is 2.15. The van der Waals surface area contributed by atoms with Crippen LogP contribution in [0, 0.1) is 6.92 Å². The van der Waals surface area contributed by atoms with E-state index < -0.39 is 0 Å². The molecule has 24 heavy (non-hydrogen) atoms. The summed E-state index contributed by atoms with van der Waals surface area (Å²) in [5, 5.41) is 4.11. The van der Waals surface area contributed by atoms with Crippen LogP contribution in [0.1, 0.15) is 30.5 Å². The van der Waals surface area contributed by atoms with Gasteiger partial charge in [-0.15, -0.1) is 0 Å². The van der Waals surface area contributed by atoms with E-state index in [1.165, 1.54) is 0 Å². The average Bonchev–Trinajstić information content (AvgIpc) is 3.19. The Labute approximate surface area is 142 Å². The second kappa shape index (κ2) is 8.31. The molecule has 2 N–H and O–H groups in total. The number of nitrogens with one attached hydrogen (secondary N) is 2. The number of benzene rings is 1. The minimum atomic E-state index is 0.0574. The molecule has 5 heteroatoms. The number of carbonyl (C=O) groups excluding carboxylic acids is 1. The van der Waals surface area contributed by atoms with Gasteiger partial charge in [0.15, 0.2) is 0 Å². The molecule has 3 rings (SSSR count). The molecule has 0 aliphatic carbocycles. The number of aryl methyl sites for hydroxylation is 1. The lowest BCUT2D eigenvalue weighted by Gasteiger charge is -2.10. The Hall–Kier alpha value is -1.85. The smallest absolute Gasteiger partial charge is 0.224 e. The van der Waals surface area contributed by atoms with Crippen LogP contribution in [0.15, 0.2) is 24.3 Å². The topological polar surface area (TPSA) is 63.4 Å². The van der Waals surface area contributed by atoms with E-state index in [1.54, 1.807) is 0 Å². The van der Waals surface area contributed by atoms with Crippen LogP contribution in [0.25, 0.3) is 10.9 Å². The third-order valence-corrected chi connectivity index (χ3v) is 4.48. The fourth-order valence-electron chi connectivity index (χ4n) is 3.18. The van der Waals surface area contributed by atoms with Crippen molar-refractivity contribution >= 4 is 16.8 Å². The number of aromatic amines is 1. The van der Waals surface area contributed by atoms with E-state index in [0.29, 0.717) is 26.2 Å². The van der Waals surface area contributed by atoms with Gasteiger partial charge in [0.1, 0.15) is 0 Å². The molecule has 1 atom stereocenters. The quantitative estimate of drug-likeness (QED) is 0.732. The van der Waals surface area contributed by atoms with Crippen LogP contribution in [-0.4, -0.2) is 43.4 Å². The van der Waals surface area contributed by atoms with Crippen LogP contribution < -0.4 is 5.32 Å². The summed E-state index contributed by atoms with van der Waals surface area (Å²) in [6.45, 7) is 4.85. The maximum absolute atomic E-state index is 12.2. The second-order valence-corrected chi connectivity index (χ2v) is 6.36. The largest absolute Gasteiger partial charge is 0.379 e. The van der Waals surface area contributed by atoms with Gasteiger partial charge in [-0.1, -0.05) is 18.2 Å². The third kappa shape index (κ3) is 4.36. The van der Waals surface area contributed by atoms with Crippen LogP contribution in [0.4, 0.5) is 0 Å². The zero-order valence-electron chi connectivity index (χ0n) is 14.3. The van der Waals surface area contributed by atoms with Crippen LogP contribution in [0.5, 0.6) is 0 Å². The van der Waals surface area contributed by atoms with Gasteiger partial charge < -0.3 is 19.8 Å². The van der Waals surface area contributed by atoms with Crippen molar-refractivity contribution in [1.29, 1.82) is 0 Å². The molecule has 1 aliphatic heterocycles. The van der Waals surface area contributed by atoms with E-state index in [2.05, 4.69) is 16.4 Å². The van der Waals surface area contributed by atoms with Crippen molar-refractivity contribution in [3.8, 4) is 0 Å². The first-order chi connectivity index (χ1) is 11.7. The Balaban J connectivity index is 1.37. The molecule has 1 fully saturated rings. The van der Waals surface area contributed by atoms with E-state index in [9.17, 15) is 4.79 Å². The number of fused-ring (bicyclic) bond motifs is 1. The van der Waals surface area contributed by atoms with Gasteiger partial charge >= 0.3 is 0 Å². The van der Waals surface area contributed by atoms with Gasteiger partial charge in [-0.25, -0.2) is 0 Å². The molecule has 1 amide bonds. The van der Waals surface area contributed by atoms with Crippen molar-refractivity contribution in [3.63, 3.8) is 0 Å². The Morgan fingerprint density at radius 3 is 3.12 bits per heavy atom. The molecule has 130 valence electrons. The average molecular weight is 330 g/mol. The van der Waals surface area contributed by atoms with Gasteiger partial charge in [0, 0.05) is 36.4 Å². The number of carbonyl (C=O) groups is 1. The first-order valence-electron chi connectivity index (χ1n) is 8.76. The molecule has 1 aliphatic rings. The van der Waals surface area contributed by atoms with Gasteiger partial charge in [-0.05, 0) is 37.8 Å². The number of ether oxygens (including phenoxy) is 2. The van der Waals surface area contributed by atoms with E-state index in [-0.39, 0.29) is 12.0 Å². The van der Waals surface area contributed by atoms with Crippen LogP contribution in [-0.2, 0) is 20.7 Å². The van der Waals surface area contributed by atoms with E-state index in [4.69, 9.17) is 9.47 Å².